The molecule has 1 aromatic heterocycles. The summed E-state index contributed by atoms with van der Waals surface area (Å²) < 4.78 is 5.40. The molecule has 1 heterocycles. The van der Waals surface area contributed by atoms with E-state index in [0.717, 1.165) is 0 Å². The first kappa shape index (κ1) is 15.2. The van der Waals surface area contributed by atoms with Gasteiger partial charge in [0.05, 0.1) is 7.11 Å². The Morgan fingerprint density at radius 2 is 2.00 bits per heavy atom. The summed E-state index contributed by atoms with van der Waals surface area (Å²) in [4.78, 5) is 0. The number of methoxy groups -OCH3 is 1. The van der Waals surface area contributed by atoms with E-state index in [0.29, 0.717) is 10.3 Å². The van der Waals surface area contributed by atoms with Crippen LogP contribution >= 0.6 is 0 Å². The van der Waals surface area contributed by atoms with Crippen LogP contribution in [0, 0.1) is 19.1 Å². The van der Waals surface area contributed by atoms with Crippen molar-refractivity contribution >= 4 is 0 Å². The molecule has 0 aliphatic heterocycles. The zero-order chi connectivity index (χ0) is 9.56. The molecule has 13 heavy (non-hydrogen) atoms. The normalized spacial score (nSPS) is 7.62. The summed E-state index contributed by atoms with van der Waals surface area (Å²) >= 11 is 0. The quantitative estimate of drug-likeness (QED) is 0.432. The third-order valence-electron chi connectivity index (χ3n) is 1.19. The Balaban J connectivity index is 0. The van der Waals surface area contributed by atoms with E-state index in [1.807, 2.05) is 0 Å². The molecule has 4 heteroatoms. The van der Waals surface area contributed by atoms with Gasteiger partial charge in [-0.05, 0) is 0 Å². The number of hydrogen-bond donors (Lipinski definition) is 0. The molecule has 0 bridgehead atoms. The van der Waals surface area contributed by atoms with Crippen LogP contribution in [-0.4, -0.2) is 7.11 Å². The molecule has 0 saturated carbocycles. The minimum Gasteiger partial charge on any atom is -0.627 e. The Morgan fingerprint density at radius 3 is 2.31 bits per heavy atom. The van der Waals surface area contributed by atoms with Crippen molar-refractivity contribution in [3.8, 4) is 5.88 Å². The average molecular weight is 256 g/mol. The van der Waals surface area contributed by atoms with Crippen LogP contribution in [0.2, 0.25) is 0 Å². The number of hydrogen-bond acceptors (Lipinski definition) is 2. The van der Waals surface area contributed by atoms with E-state index in [1.165, 1.54) is 13.3 Å². The van der Waals surface area contributed by atoms with Crippen LogP contribution in [0.15, 0.2) is 18.3 Å². The first-order chi connectivity index (χ1) is 5.75. The molecule has 0 saturated heterocycles. The summed E-state index contributed by atoms with van der Waals surface area (Å²) in [7, 11) is 1.44. The van der Waals surface area contributed by atoms with Crippen molar-refractivity contribution in [3.05, 3.63) is 42.9 Å². The monoisotopic (exact) mass is 256 g/mol. The summed E-state index contributed by atoms with van der Waals surface area (Å²) in [5.74, 6) is 0.252. The summed E-state index contributed by atoms with van der Waals surface area (Å²) in [6.07, 6.45) is 1.37. The molecular weight excluding hydrogens is 243 g/mol. The third kappa shape index (κ3) is 4.48. The number of ether oxygens (including phenoxy) is 1. The third-order valence-corrected chi connectivity index (χ3v) is 1.19. The van der Waals surface area contributed by atoms with Crippen molar-refractivity contribution < 1.29 is 42.2 Å². The summed E-state index contributed by atoms with van der Waals surface area (Å²) in [6, 6.07) is 3.34. The fourth-order valence-electron chi connectivity index (χ4n) is 0.739. The molecule has 0 amide bonds. The fraction of sp³-hybridized carbons (Fsp3) is 0.222. The maximum atomic E-state index is 10.8. The molecule has 0 N–H and O–H groups in total. The van der Waals surface area contributed by atoms with Gasteiger partial charge >= 0.3 is 0 Å². The predicted octanol–water partition coefficient (Wildman–Crippen LogP) is 1.35. The van der Waals surface area contributed by atoms with Crippen LogP contribution in [0.4, 0.5) is 0 Å². The van der Waals surface area contributed by atoms with Crippen LogP contribution in [0.3, 0.4) is 0 Å². The Hall–Kier alpha value is -0.276. The molecule has 0 aromatic carbocycles. The largest absolute Gasteiger partial charge is 0.627 e. The van der Waals surface area contributed by atoms with Crippen molar-refractivity contribution in [2.75, 3.05) is 7.11 Å². The van der Waals surface area contributed by atoms with Gasteiger partial charge in [-0.15, -0.1) is 6.07 Å². The molecule has 0 aliphatic carbocycles. The molecule has 0 aliphatic rings. The smallest absolute Gasteiger partial charge is 0.274 e. The standard InChI is InChI=1S/C7H8NO2.C2H5.Y/c1-6-4-3-5-8(9)7(6)10-2;1-2;/h3-5H,1H2,2H3;1H2,2H3;/q2*-1;. The molecule has 3 nitrogen and oxygen atoms in total. The maximum absolute atomic E-state index is 10.8. The predicted molar refractivity (Wildman–Crippen MR) is 47.4 cm³/mol. The van der Waals surface area contributed by atoms with Crippen molar-refractivity contribution in [2.24, 2.45) is 0 Å². The van der Waals surface area contributed by atoms with E-state index in [2.05, 4.69) is 13.8 Å². The van der Waals surface area contributed by atoms with Crippen LogP contribution in [0.1, 0.15) is 12.5 Å². The van der Waals surface area contributed by atoms with E-state index in [1.54, 1.807) is 19.1 Å². The summed E-state index contributed by atoms with van der Waals surface area (Å²) in [5, 5.41) is 10.8. The van der Waals surface area contributed by atoms with Crippen molar-refractivity contribution in [3.63, 3.8) is 0 Å². The van der Waals surface area contributed by atoms with Crippen molar-refractivity contribution in [1.82, 2.24) is 0 Å². The Labute approximate surface area is 105 Å². The molecule has 71 valence electrons. The van der Waals surface area contributed by atoms with Crippen molar-refractivity contribution in [2.45, 2.75) is 6.92 Å². The van der Waals surface area contributed by atoms with Gasteiger partial charge in [-0.2, -0.15) is 18.6 Å². The molecule has 0 atom stereocenters. The van der Waals surface area contributed by atoms with Gasteiger partial charge < -0.3 is 16.9 Å². The van der Waals surface area contributed by atoms with E-state index >= 15 is 0 Å². The van der Waals surface area contributed by atoms with E-state index in [4.69, 9.17) is 4.74 Å². The van der Waals surface area contributed by atoms with Gasteiger partial charge in [-0.1, -0.05) is 11.6 Å². The van der Waals surface area contributed by atoms with Gasteiger partial charge in [-0.25, -0.2) is 0 Å². The number of pyridine rings is 1. The van der Waals surface area contributed by atoms with Crippen LogP contribution < -0.4 is 9.47 Å². The Morgan fingerprint density at radius 1 is 1.46 bits per heavy atom. The Bertz CT molecular complexity index is 221. The van der Waals surface area contributed by atoms with Gasteiger partial charge in [0, 0.05) is 32.7 Å². The second-order valence-electron chi connectivity index (χ2n) is 1.87. The SMILES string of the molecule is [CH2-]C.[CH2-]c1ccc[n+]([O-])c1OC.[Y]. The number of rotatable bonds is 1. The molecule has 1 aromatic rings. The number of nitrogens with zero attached hydrogens (tertiary/aromatic N) is 1. The molecule has 1 radical (unpaired) electrons. The van der Waals surface area contributed by atoms with E-state index < -0.39 is 0 Å². The first-order valence-electron chi connectivity index (χ1n) is 3.54. The second kappa shape index (κ2) is 8.33. The minimum atomic E-state index is 0. The fourth-order valence-corrected chi connectivity index (χ4v) is 0.739. The van der Waals surface area contributed by atoms with Gasteiger partial charge in [0.2, 0.25) is 0 Å². The maximum Gasteiger partial charge on any atom is 0.274 e. The zero-order valence-corrected chi connectivity index (χ0v) is 10.8. The van der Waals surface area contributed by atoms with Gasteiger partial charge in [0.1, 0.15) is 0 Å². The van der Waals surface area contributed by atoms with Crippen molar-refractivity contribution in [1.29, 1.82) is 0 Å². The van der Waals surface area contributed by atoms with Crippen LogP contribution in [0.25, 0.3) is 0 Å². The molecule has 1 rings (SSSR count). The summed E-state index contributed by atoms with van der Waals surface area (Å²) in [6.45, 7) is 8.61. The summed E-state index contributed by atoms with van der Waals surface area (Å²) in [5.41, 5.74) is 0.597. The van der Waals surface area contributed by atoms with Crippen LogP contribution in [-0.2, 0) is 32.7 Å². The minimum absolute atomic E-state index is 0. The van der Waals surface area contributed by atoms with Gasteiger partial charge in [0.15, 0.2) is 6.20 Å². The molecule has 0 unspecified atom stereocenters. The average Bonchev–Trinajstić information content (AvgIpc) is 2.08. The van der Waals surface area contributed by atoms with Gasteiger partial charge in [-0.3, -0.25) is 0 Å². The zero-order valence-electron chi connectivity index (χ0n) is 7.99. The molecular formula is C9H13NO2Y-2. The van der Waals surface area contributed by atoms with E-state index in [-0.39, 0.29) is 38.6 Å². The van der Waals surface area contributed by atoms with E-state index in [9.17, 15) is 5.21 Å². The number of aromatic nitrogens is 1. The van der Waals surface area contributed by atoms with Gasteiger partial charge in [0.25, 0.3) is 5.88 Å². The second-order valence-corrected chi connectivity index (χ2v) is 1.87. The molecule has 0 fully saturated rings. The first-order valence-corrected chi connectivity index (χ1v) is 3.54. The topological polar surface area (TPSA) is 36.2 Å². The van der Waals surface area contributed by atoms with Crippen LogP contribution in [0.5, 0.6) is 5.88 Å². The molecule has 0 spiro atoms. The Kier molecular flexibility index (Phi) is 9.74.